The molecule has 0 spiro atoms. The molecule has 3 atom stereocenters. The third-order valence-electron chi connectivity index (χ3n) is 5.44. The van der Waals surface area contributed by atoms with Gasteiger partial charge in [-0.2, -0.15) is 13.2 Å². The minimum absolute atomic E-state index is 0.303. The zero-order chi connectivity index (χ0) is 20.3. The van der Waals surface area contributed by atoms with Gasteiger partial charge in [0, 0.05) is 37.2 Å². The second-order valence-electron chi connectivity index (χ2n) is 7.60. The third-order valence-corrected chi connectivity index (χ3v) is 6.45. The Hall–Kier alpha value is -1.16. The van der Waals surface area contributed by atoms with Crippen molar-refractivity contribution in [1.82, 2.24) is 4.90 Å². The van der Waals surface area contributed by atoms with Gasteiger partial charge in [0.15, 0.2) is 0 Å². The molecule has 5 nitrogen and oxygen atoms in total. The van der Waals surface area contributed by atoms with Crippen molar-refractivity contribution in [3.05, 3.63) is 21.9 Å². The van der Waals surface area contributed by atoms with Crippen LogP contribution in [-0.4, -0.2) is 60.2 Å². The Bertz CT molecular complexity index is 662. The first-order valence-corrected chi connectivity index (χ1v) is 10.4. The number of likely N-dealkylation sites (tertiary alicyclic amines) is 1. The van der Waals surface area contributed by atoms with Crippen LogP contribution < -0.4 is 0 Å². The Morgan fingerprint density at radius 1 is 1.36 bits per heavy atom. The van der Waals surface area contributed by atoms with Gasteiger partial charge in [0.05, 0.1) is 12.2 Å². The Morgan fingerprint density at radius 2 is 2.07 bits per heavy atom. The van der Waals surface area contributed by atoms with Gasteiger partial charge in [-0.15, -0.1) is 11.3 Å². The zero-order valence-electron chi connectivity index (χ0n) is 15.8. The summed E-state index contributed by atoms with van der Waals surface area (Å²) in [6.45, 7) is 6.32. The molecule has 0 unspecified atom stereocenters. The van der Waals surface area contributed by atoms with E-state index in [0.29, 0.717) is 18.2 Å². The van der Waals surface area contributed by atoms with E-state index >= 15 is 0 Å². The van der Waals surface area contributed by atoms with Crippen molar-refractivity contribution in [3.8, 4) is 0 Å². The summed E-state index contributed by atoms with van der Waals surface area (Å²) in [7, 11) is 0. The average Bonchev–Trinajstić information content (AvgIpc) is 3.16. The van der Waals surface area contributed by atoms with Gasteiger partial charge >= 0.3 is 12.1 Å². The molecule has 0 amide bonds. The highest BCUT2D eigenvalue weighted by molar-refractivity contribution is 7.10. The molecule has 1 N–H and O–H groups in total. The number of hydrogen-bond acceptors (Lipinski definition) is 5. The lowest BCUT2D eigenvalue weighted by atomic mass is 9.95. The van der Waals surface area contributed by atoms with Crippen molar-refractivity contribution in [1.29, 1.82) is 0 Å². The Labute approximate surface area is 166 Å². The number of ether oxygens (including phenoxy) is 2. The van der Waals surface area contributed by atoms with Crippen LogP contribution in [0.5, 0.6) is 0 Å². The van der Waals surface area contributed by atoms with Crippen molar-refractivity contribution >= 4 is 17.3 Å². The van der Waals surface area contributed by atoms with E-state index in [1.165, 1.54) is 29.7 Å². The van der Waals surface area contributed by atoms with Gasteiger partial charge in [0.2, 0.25) is 0 Å². The van der Waals surface area contributed by atoms with Crippen molar-refractivity contribution in [2.24, 2.45) is 5.92 Å². The molecule has 3 heterocycles. The summed E-state index contributed by atoms with van der Waals surface area (Å²) in [6, 6.07) is 2.79. The first kappa shape index (κ1) is 21.5. The van der Waals surface area contributed by atoms with E-state index in [4.69, 9.17) is 19.4 Å². The SMILES string of the molecule is Cc1ccsc1CN1CC[C@@H](OCC2CC2)[C@H]2OCC[C@@H]21.O=C(O)C(F)(F)F. The molecule has 2 aliphatic heterocycles. The molecule has 0 aromatic carbocycles. The van der Waals surface area contributed by atoms with E-state index in [0.717, 1.165) is 38.6 Å². The Balaban J connectivity index is 0.000000279. The lowest BCUT2D eigenvalue weighted by molar-refractivity contribution is -0.192. The Morgan fingerprint density at radius 3 is 2.64 bits per heavy atom. The number of aryl methyl sites for hydroxylation is 1. The molecule has 3 aliphatic rings. The highest BCUT2D eigenvalue weighted by Crippen LogP contribution is 2.35. The van der Waals surface area contributed by atoms with E-state index < -0.39 is 12.1 Å². The first-order valence-electron chi connectivity index (χ1n) is 9.56. The average molecular weight is 421 g/mol. The predicted molar refractivity (Wildman–Crippen MR) is 98.4 cm³/mol. The fraction of sp³-hybridized carbons (Fsp3) is 0.737. The second kappa shape index (κ2) is 9.11. The molecule has 9 heteroatoms. The molecular formula is C19H26F3NO4S. The molecule has 3 fully saturated rings. The summed E-state index contributed by atoms with van der Waals surface area (Å²) in [5.74, 6) is -1.91. The van der Waals surface area contributed by atoms with E-state index in [2.05, 4.69) is 23.3 Å². The van der Waals surface area contributed by atoms with Gasteiger partial charge in [-0.05, 0) is 55.5 Å². The van der Waals surface area contributed by atoms with Gasteiger partial charge in [0.1, 0.15) is 0 Å². The Kier molecular flexibility index (Phi) is 7.01. The molecule has 0 radical (unpaired) electrons. The molecular weight excluding hydrogens is 395 g/mol. The van der Waals surface area contributed by atoms with Crippen LogP contribution in [0.4, 0.5) is 13.2 Å². The summed E-state index contributed by atoms with van der Waals surface area (Å²) in [5, 5.41) is 9.33. The quantitative estimate of drug-likeness (QED) is 0.783. The molecule has 1 aliphatic carbocycles. The van der Waals surface area contributed by atoms with E-state index in [9.17, 15) is 13.2 Å². The molecule has 28 heavy (non-hydrogen) atoms. The van der Waals surface area contributed by atoms with E-state index in [1.54, 1.807) is 0 Å². The normalized spacial score (nSPS) is 27.8. The molecule has 4 rings (SSSR count). The highest BCUT2D eigenvalue weighted by Gasteiger charge is 2.43. The standard InChI is InChI=1S/C17H25NO2S.C2HF3O2/c1-12-6-9-21-16(12)10-18-7-4-15(20-11-13-2-3-13)17-14(18)5-8-19-17;3-2(4,5)1(6)7/h6,9,13-15,17H,2-5,7-8,10-11H2,1H3;(H,6,7)/t14-,15+,17-;/m0./s1. The van der Waals surface area contributed by atoms with Crippen molar-refractivity contribution in [3.63, 3.8) is 0 Å². The number of thiophene rings is 1. The number of fused-ring (bicyclic) bond motifs is 1. The largest absolute Gasteiger partial charge is 0.490 e. The van der Waals surface area contributed by atoms with Crippen molar-refractivity contribution in [2.75, 3.05) is 19.8 Å². The summed E-state index contributed by atoms with van der Waals surface area (Å²) in [5.41, 5.74) is 1.43. The number of alkyl halides is 3. The van der Waals surface area contributed by atoms with Crippen LogP contribution in [0.3, 0.4) is 0 Å². The van der Waals surface area contributed by atoms with E-state index in [-0.39, 0.29) is 0 Å². The number of hydrogen-bond donors (Lipinski definition) is 1. The minimum atomic E-state index is -5.08. The smallest absolute Gasteiger partial charge is 0.475 e. The van der Waals surface area contributed by atoms with Crippen LogP contribution in [0.25, 0.3) is 0 Å². The summed E-state index contributed by atoms with van der Waals surface area (Å²) >= 11 is 1.89. The van der Waals surface area contributed by atoms with Crippen LogP contribution in [0.1, 0.15) is 36.1 Å². The molecule has 2 saturated heterocycles. The minimum Gasteiger partial charge on any atom is -0.475 e. The summed E-state index contributed by atoms with van der Waals surface area (Å²) < 4.78 is 44.0. The number of carboxylic acids is 1. The number of carboxylic acid groups (broad SMARTS) is 1. The molecule has 1 saturated carbocycles. The van der Waals surface area contributed by atoms with Gasteiger partial charge in [-0.25, -0.2) is 4.79 Å². The van der Waals surface area contributed by atoms with Gasteiger partial charge in [0.25, 0.3) is 0 Å². The van der Waals surface area contributed by atoms with Crippen LogP contribution in [0, 0.1) is 12.8 Å². The van der Waals surface area contributed by atoms with Gasteiger partial charge < -0.3 is 14.6 Å². The van der Waals surface area contributed by atoms with Crippen molar-refractivity contribution < 1.29 is 32.5 Å². The van der Waals surface area contributed by atoms with Gasteiger partial charge in [-0.1, -0.05) is 0 Å². The van der Waals surface area contributed by atoms with Crippen LogP contribution in [0.2, 0.25) is 0 Å². The number of piperidine rings is 1. The number of aliphatic carboxylic acids is 1. The lowest BCUT2D eigenvalue weighted by Crippen LogP contribution is -2.52. The maximum Gasteiger partial charge on any atom is 0.490 e. The number of carbonyl (C=O) groups is 1. The van der Waals surface area contributed by atoms with Crippen molar-refractivity contribution in [2.45, 2.75) is 63.6 Å². The highest BCUT2D eigenvalue weighted by atomic mass is 32.1. The predicted octanol–water partition coefficient (Wildman–Crippen LogP) is 3.85. The lowest BCUT2D eigenvalue weighted by Gasteiger charge is -2.41. The number of nitrogens with zero attached hydrogens (tertiary/aromatic N) is 1. The summed E-state index contributed by atoms with van der Waals surface area (Å²) in [4.78, 5) is 13.0. The fourth-order valence-corrected chi connectivity index (χ4v) is 4.57. The maximum atomic E-state index is 10.6. The third kappa shape index (κ3) is 5.68. The van der Waals surface area contributed by atoms with Crippen LogP contribution >= 0.6 is 11.3 Å². The number of halogens is 3. The first-order chi connectivity index (χ1) is 13.3. The fourth-order valence-electron chi connectivity index (χ4n) is 3.64. The topological polar surface area (TPSA) is 59.0 Å². The monoisotopic (exact) mass is 421 g/mol. The zero-order valence-corrected chi connectivity index (χ0v) is 16.6. The summed E-state index contributed by atoms with van der Waals surface area (Å²) in [6.07, 6.45) is 0.574. The molecule has 158 valence electrons. The second-order valence-corrected chi connectivity index (χ2v) is 8.60. The molecule has 0 bridgehead atoms. The van der Waals surface area contributed by atoms with Gasteiger partial charge in [-0.3, -0.25) is 4.90 Å². The van der Waals surface area contributed by atoms with Crippen LogP contribution in [0.15, 0.2) is 11.4 Å². The van der Waals surface area contributed by atoms with E-state index in [1.807, 2.05) is 11.3 Å². The van der Waals surface area contributed by atoms with Crippen LogP contribution in [-0.2, 0) is 20.8 Å². The maximum absolute atomic E-state index is 10.6. The molecule has 1 aromatic rings. The molecule has 1 aromatic heterocycles. The number of rotatable bonds is 5.